The highest BCUT2D eigenvalue weighted by Crippen LogP contribution is 2.37. The second-order valence-corrected chi connectivity index (χ2v) is 7.59. The number of carbonyl (C=O) groups excluding carboxylic acids is 3. The second-order valence-electron chi connectivity index (χ2n) is 7.59. The van der Waals surface area contributed by atoms with Crippen molar-refractivity contribution in [2.24, 2.45) is 0 Å². The van der Waals surface area contributed by atoms with Crippen molar-refractivity contribution in [2.75, 3.05) is 29.9 Å². The zero-order chi connectivity index (χ0) is 20.9. The van der Waals surface area contributed by atoms with Crippen molar-refractivity contribution in [3.63, 3.8) is 0 Å². The molecule has 1 atom stereocenters. The number of esters is 1. The Labute approximate surface area is 175 Å². The minimum atomic E-state index is -0.588. The van der Waals surface area contributed by atoms with Gasteiger partial charge in [-0.05, 0) is 49.4 Å². The molecule has 0 aliphatic carbocycles. The van der Waals surface area contributed by atoms with Crippen molar-refractivity contribution in [2.45, 2.75) is 31.7 Å². The normalized spacial score (nSPS) is 17.0. The Bertz CT molecular complexity index is 945. The number of aryl methyl sites for hydroxylation is 1. The Morgan fingerprint density at radius 3 is 2.83 bits per heavy atom. The van der Waals surface area contributed by atoms with Gasteiger partial charge in [0.1, 0.15) is 6.04 Å². The van der Waals surface area contributed by atoms with Crippen LogP contribution >= 0.6 is 0 Å². The van der Waals surface area contributed by atoms with Gasteiger partial charge in [0.15, 0.2) is 6.61 Å². The first-order valence-electron chi connectivity index (χ1n) is 10.3. The minimum Gasteiger partial charge on any atom is -0.452 e. The van der Waals surface area contributed by atoms with Crippen LogP contribution in [0.1, 0.15) is 35.2 Å². The number of nitrogens with zero attached hydrogens (tertiary/aromatic N) is 1. The van der Waals surface area contributed by atoms with E-state index in [4.69, 9.17) is 4.74 Å². The Balaban J connectivity index is 1.25. The van der Waals surface area contributed by atoms with Gasteiger partial charge in [0, 0.05) is 13.1 Å². The van der Waals surface area contributed by atoms with Crippen LogP contribution < -0.4 is 15.5 Å². The quantitative estimate of drug-likeness (QED) is 0.544. The van der Waals surface area contributed by atoms with E-state index in [1.165, 1.54) is 5.56 Å². The highest BCUT2D eigenvalue weighted by atomic mass is 16.5. The van der Waals surface area contributed by atoms with Gasteiger partial charge in [-0.25, -0.2) is 4.79 Å². The number of carbonyl (C=O) groups is 3. The predicted molar refractivity (Wildman–Crippen MR) is 113 cm³/mol. The number of rotatable bonds is 7. The van der Waals surface area contributed by atoms with Gasteiger partial charge < -0.3 is 20.3 Å². The topological polar surface area (TPSA) is 87.7 Å². The van der Waals surface area contributed by atoms with Gasteiger partial charge in [0.2, 0.25) is 5.91 Å². The van der Waals surface area contributed by atoms with Crippen LogP contribution in [0.5, 0.6) is 0 Å². The lowest BCUT2D eigenvalue weighted by molar-refractivity contribution is -0.124. The minimum absolute atomic E-state index is 0.0413. The fourth-order valence-electron chi connectivity index (χ4n) is 3.99. The molecule has 30 heavy (non-hydrogen) atoms. The maximum absolute atomic E-state index is 12.3. The zero-order valence-corrected chi connectivity index (χ0v) is 16.7. The Morgan fingerprint density at radius 2 is 2.00 bits per heavy atom. The highest BCUT2D eigenvalue weighted by molar-refractivity contribution is 6.05. The van der Waals surface area contributed by atoms with E-state index in [1.807, 2.05) is 24.3 Å². The van der Waals surface area contributed by atoms with Gasteiger partial charge in [0.25, 0.3) is 5.91 Å². The highest BCUT2D eigenvalue weighted by Gasteiger charge is 2.36. The van der Waals surface area contributed by atoms with Crippen LogP contribution in [-0.2, 0) is 20.7 Å². The summed E-state index contributed by atoms with van der Waals surface area (Å²) in [7, 11) is 0. The summed E-state index contributed by atoms with van der Waals surface area (Å²) >= 11 is 0. The summed E-state index contributed by atoms with van der Waals surface area (Å²) in [6.45, 7) is 1.02. The van der Waals surface area contributed by atoms with Gasteiger partial charge in [-0.15, -0.1) is 0 Å². The molecule has 0 saturated carbocycles. The molecule has 2 aliphatic rings. The van der Waals surface area contributed by atoms with E-state index < -0.39 is 5.97 Å². The molecule has 0 bridgehead atoms. The molecule has 2 aliphatic heterocycles. The lowest BCUT2D eigenvalue weighted by Crippen LogP contribution is -2.43. The van der Waals surface area contributed by atoms with E-state index in [2.05, 4.69) is 27.7 Å². The number of fused-ring (bicyclic) bond motifs is 3. The Kier molecular flexibility index (Phi) is 5.97. The summed E-state index contributed by atoms with van der Waals surface area (Å²) in [6.07, 6.45) is 3.50. The summed E-state index contributed by atoms with van der Waals surface area (Å²) in [5, 5.41) is 5.63. The lowest BCUT2D eigenvalue weighted by atomic mass is 10.1. The van der Waals surface area contributed by atoms with Crippen molar-refractivity contribution >= 4 is 29.2 Å². The van der Waals surface area contributed by atoms with Crippen molar-refractivity contribution in [1.29, 1.82) is 0 Å². The molecule has 7 heteroatoms. The SMILES string of the molecule is O=C(COC(=O)c1ccc2c(c1)NC(=O)[C@@H]1CCCN21)NCCCc1ccccc1. The molecule has 7 nitrogen and oxygen atoms in total. The average molecular weight is 407 g/mol. The molecular formula is C23H25N3O4. The van der Waals surface area contributed by atoms with Crippen LogP contribution in [0.25, 0.3) is 0 Å². The van der Waals surface area contributed by atoms with E-state index in [9.17, 15) is 14.4 Å². The lowest BCUT2D eigenvalue weighted by Gasteiger charge is -2.33. The molecule has 0 spiro atoms. The third-order valence-corrected chi connectivity index (χ3v) is 5.50. The molecular weight excluding hydrogens is 382 g/mol. The number of anilines is 2. The van der Waals surface area contributed by atoms with Crippen LogP contribution in [0, 0.1) is 0 Å². The summed E-state index contributed by atoms with van der Waals surface area (Å²) in [5.74, 6) is -0.960. The van der Waals surface area contributed by atoms with E-state index in [0.717, 1.165) is 37.9 Å². The average Bonchev–Trinajstić information content (AvgIpc) is 3.26. The third-order valence-electron chi connectivity index (χ3n) is 5.50. The number of hydrogen-bond donors (Lipinski definition) is 2. The van der Waals surface area contributed by atoms with Gasteiger partial charge in [0.05, 0.1) is 16.9 Å². The molecule has 156 valence electrons. The Morgan fingerprint density at radius 1 is 1.17 bits per heavy atom. The molecule has 2 aromatic rings. The van der Waals surface area contributed by atoms with Crippen LogP contribution in [-0.4, -0.2) is 43.5 Å². The van der Waals surface area contributed by atoms with E-state index in [1.54, 1.807) is 12.1 Å². The smallest absolute Gasteiger partial charge is 0.338 e. The first-order valence-corrected chi connectivity index (χ1v) is 10.3. The molecule has 1 saturated heterocycles. The molecule has 2 aromatic carbocycles. The van der Waals surface area contributed by atoms with Crippen LogP contribution in [0.3, 0.4) is 0 Å². The number of ether oxygens (including phenoxy) is 1. The van der Waals surface area contributed by atoms with Crippen LogP contribution in [0.4, 0.5) is 11.4 Å². The van der Waals surface area contributed by atoms with Crippen LogP contribution in [0.15, 0.2) is 48.5 Å². The van der Waals surface area contributed by atoms with Gasteiger partial charge in [-0.3, -0.25) is 9.59 Å². The summed E-state index contributed by atoms with van der Waals surface area (Å²) in [4.78, 5) is 38.6. The van der Waals surface area contributed by atoms with Gasteiger partial charge >= 0.3 is 5.97 Å². The molecule has 4 rings (SSSR count). The second kappa shape index (κ2) is 8.98. The summed E-state index contributed by atoms with van der Waals surface area (Å²) in [6, 6.07) is 15.0. The molecule has 2 heterocycles. The summed E-state index contributed by atoms with van der Waals surface area (Å²) < 4.78 is 5.13. The number of benzene rings is 2. The summed E-state index contributed by atoms with van der Waals surface area (Å²) in [5.41, 5.74) is 3.06. The predicted octanol–water partition coefficient (Wildman–Crippen LogP) is 2.51. The zero-order valence-electron chi connectivity index (χ0n) is 16.7. The van der Waals surface area contributed by atoms with E-state index >= 15 is 0 Å². The molecule has 0 radical (unpaired) electrons. The molecule has 0 unspecified atom stereocenters. The van der Waals surface area contributed by atoms with Crippen molar-refractivity contribution < 1.29 is 19.1 Å². The number of nitrogens with one attached hydrogen (secondary N) is 2. The van der Waals surface area contributed by atoms with E-state index in [-0.39, 0.29) is 24.5 Å². The molecule has 1 fully saturated rings. The van der Waals surface area contributed by atoms with Gasteiger partial charge in [-0.2, -0.15) is 0 Å². The molecule has 2 amide bonds. The third kappa shape index (κ3) is 4.45. The van der Waals surface area contributed by atoms with Crippen molar-refractivity contribution in [3.8, 4) is 0 Å². The molecule has 2 N–H and O–H groups in total. The maximum Gasteiger partial charge on any atom is 0.338 e. The standard InChI is InChI=1S/C23H25N3O4/c27-21(24-12-4-8-16-6-2-1-3-7-16)15-30-23(29)17-10-11-19-18(14-17)25-22(28)20-9-5-13-26(19)20/h1-3,6-7,10-11,14,20H,4-5,8-9,12-13,15H2,(H,24,27)(H,25,28)/t20-/m0/s1. The van der Waals surface area contributed by atoms with Crippen molar-refractivity contribution in [3.05, 3.63) is 59.7 Å². The number of amides is 2. The maximum atomic E-state index is 12.3. The first-order chi connectivity index (χ1) is 14.6. The van der Waals surface area contributed by atoms with E-state index in [0.29, 0.717) is 17.8 Å². The Hall–Kier alpha value is -3.35. The fourth-order valence-corrected chi connectivity index (χ4v) is 3.99. The van der Waals surface area contributed by atoms with Gasteiger partial charge in [-0.1, -0.05) is 30.3 Å². The number of hydrogen-bond acceptors (Lipinski definition) is 5. The monoisotopic (exact) mass is 407 g/mol. The van der Waals surface area contributed by atoms with Crippen LogP contribution in [0.2, 0.25) is 0 Å². The molecule has 0 aromatic heterocycles. The largest absolute Gasteiger partial charge is 0.452 e. The fraction of sp³-hybridized carbons (Fsp3) is 0.348. The first kappa shape index (κ1) is 19.9. The van der Waals surface area contributed by atoms with Crippen molar-refractivity contribution in [1.82, 2.24) is 5.32 Å².